The number of carbonyl (C=O) groups is 1. The molecular weight excluding hydrogens is 488 g/mol. The Morgan fingerprint density at radius 3 is 2.43 bits per heavy atom. The fraction of sp³-hybridized carbons (Fsp3) is 0.176. The normalized spacial score (nSPS) is 12.1. The van der Waals surface area contributed by atoms with Gasteiger partial charge in [-0.15, -0.1) is 0 Å². The predicted octanol–water partition coefficient (Wildman–Crippen LogP) is 5.41. The lowest BCUT2D eigenvalue weighted by atomic mass is 10.2. The van der Waals surface area contributed by atoms with Crippen molar-refractivity contribution < 1.29 is 9.53 Å². The number of ether oxygens (including phenoxy) is 1. The van der Waals surface area contributed by atoms with Crippen LogP contribution in [0.4, 0.5) is 5.69 Å². The highest BCUT2D eigenvalue weighted by Crippen LogP contribution is 2.30. The third-order valence-corrected chi connectivity index (χ3v) is 4.81. The maximum absolute atomic E-state index is 12.5. The molecule has 0 aliphatic rings. The smallest absolute Gasteiger partial charge is 0.253 e. The molecule has 0 saturated heterocycles. The van der Waals surface area contributed by atoms with Crippen LogP contribution in [0.1, 0.15) is 10.4 Å². The Balaban J connectivity index is 2.10. The van der Waals surface area contributed by atoms with E-state index in [1.165, 1.54) is 7.11 Å². The van der Waals surface area contributed by atoms with Crippen molar-refractivity contribution in [2.45, 2.75) is 9.96 Å². The van der Waals surface area contributed by atoms with Gasteiger partial charge in [0.1, 0.15) is 11.9 Å². The van der Waals surface area contributed by atoms with Gasteiger partial charge in [-0.25, -0.2) is 0 Å². The summed E-state index contributed by atoms with van der Waals surface area (Å²) in [4.78, 5) is 12.5. The molecule has 0 spiro atoms. The average molecular weight is 502 g/mol. The second-order valence-electron chi connectivity index (χ2n) is 5.40. The van der Waals surface area contributed by atoms with Crippen LogP contribution in [0, 0.1) is 0 Å². The van der Waals surface area contributed by atoms with Gasteiger partial charge < -0.3 is 20.7 Å². The number of nitrogens with one attached hydrogen (secondary N) is 3. The van der Waals surface area contributed by atoms with E-state index in [1.54, 1.807) is 42.5 Å². The van der Waals surface area contributed by atoms with Crippen molar-refractivity contribution in [1.29, 1.82) is 0 Å². The Labute approximate surface area is 192 Å². The number of carbonyl (C=O) groups excluding carboxylic acids is 1. The summed E-state index contributed by atoms with van der Waals surface area (Å²) in [5.41, 5.74) is 0.811. The fourth-order valence-electron chi connectivity index (χ4n) is 2.06. The fourth-order valence-corrected chi connectivity index (χ4v) is 3.07. The van der Waals surface area contributed by atoms with Crippen LogP contribution in [0.25, 0.3) is 0 Å². The van der Waals surface area contributed by atoms with Crippen molar-refractivity contribution in [1.82, 2.24) is 10.6 Å². The van der Waals surface area contributed by atoms with Crippen LogP contribution in [0.2, 0.25) is 10.0 Å². The van der Waals surface area contributed by atoms with Crippen molar-refractivity contribution in [3.05, 3.63) is 58.1 Å². The van der Waals surface area contributed by atoms with Crippen LogP contribution in [-0.2, 0) is 0 Å². The van der Waals surface area contributed by atoms with E-state index < -0.39 is 15.9 Å². The highest BCUT2D eigenvalue weighted by atomic mass is 35.6. The molecule has 0 saturated carbocycles. The van der Waals surface area contributed by atoms with Crippen LogP contribution in [0.3, 0.4) is 0 Å². The summed E-state index contributed by atoms with van der Waals surface area (Å²) in [5, 5.41) is 9.08. The van der Waals surface area contributed by atoms with Gasteiger partial charge in [-0.2, -0.15) is 0 Å². The minimum absolute atomic E-state index is 0.0755. The molecule has 3 N–H and O–H groups in total. The summed E-state index contributed by atoms with van der Waals surface area (Å²) in [6, 6.07) is 11.3. The van der Waals surface area contributed by atoms with Crippen LogP contribution in [-0.4, -0.2) is 28.1 Å². The molecule has 11 heteroatoms. The molecule has 0 heterocycles. The zero-order valence-electron chi connectivity index (χ0n) is 14.2. The summed E-state index contributed by atoms with van der Waals surface area (Å²) in [7, 11) is 1.49. The Hall–Kier alpha value is -1.15. The second-order valence-corrected chi connectivity index (χ2v) is 9.02. The standard InChI is InChI=1S/C17H14Cl5N3O2S/c1-27-11-4-2-3-9(7-11)14(26)24-15(17(20,21)22)25-16(28)23-13-6-5-10(18)8-12(13)19/h2-8,15H,1H3,(H,24,26)(H2,23,25,28). The molecular formula is C17H14Cl5N3O2S. The van der Waals surface area contributed by atoms with Gasteiger partial charge >= 0.3 is 0 Å². The quantitative estimate of drug-likeness (QED) is 0.290. The van der Waals surface area contributed by atoms with Gasteiger partial charge in [0.25, 0.3) is 5.91 Å². The first-order valence-corrected chi connectivity index (χ1v) is 9.94. The third-order valence-electron chi connectivity index (χ3n) is 3.39. The monoisotopic (exact) mass is 499 g/mol. The molecule has 2 aromatic carbocycles. The summed E-state index contributed by atoms with van der Waals surface area (Å²) in [6.07, 6.45) is -1.14. The van der Waals surface area contributed by atoms with E-state index >= 15 is 0 Å². The number of anilines is 1. The number of alkyl halides is 3. The number of thiocarbonyl (C=S) groups is 1. The van der Waals surface area contributed by atoms with Gasteiger partial charge in [-0.05, 0) is 48.6 Å². The molecule has 5 nitrogen and oxygen atoms in total. The van der Waals surface area contributed by atoms with E-state index in [1.807, 2.05) is 0 Å². The molecule has 2 aromatic rings. The summed E-state index contributed by atoms with van der Waals surface area (Å²) in [5.74, 6) is 0.0238. The first kappa shape index (κ1) is 23.1. The Morgan fingerprint density at radius 1 is 1.11 bits per heavy atom. The van der Waals surface area contributed by atoms with Gasteiger partial charge in [-0.1, -0.05) is 64.1 Å². The maximum Gasteiger partial charge on any atom is 0.253 e. The van der Waals surface area contributed by atoms with E-state index in [4.69, 9.17) is 75.0 Å². The Morgan fingerprint density at radius 2 is 1.82 bits per heavy atom. The molecule has 2 rings (SSSR count). The number of halogens is 5. The maximum atomic E-state index is 12.5. The van der Waals surface area contributed by atoms with Crippen molar-refractivity contribution >= 4 is 86.9 Å². The molecule has 0 aliphatic carbocycles. The minimum atomic E-state index is -1.90. The molecule has 28 heavy (non-hydrogen) atoms. The van der Waals surface area contributed by atoms with Gasteiger partial charge in [0.15, 0.2) is 5.11 Å². The minimum Gasteiger partial charge on any atom is -0.497 e. The number of hydrogen-bond donors (Lipinski definition) is 3. The van der Waals surface area contributed by atoms with Crippen LogP contribution in [0.5, 0.6) is 5.75 Å². The summed E-state index contributed by atoms with van der Waals surface area (Å²) in [6.45, 7) is 0. The number of rotatable bonds is 5. The van der Waals surface area contributed by atoms with Crippen molar-refractivity contribution in [2.75, 3.05) is 12.4 Å². The highest BCUT2D eigenvalue weighted by molar-refractivity contribution is 7.80. The number of amides is 1. The van der Waals surface area contributed by atoms with Gasteiger partial charge in [-0.3, -0.25) is 4.79 Å². The number of hydrogen-bond acceptors (Lipinski definition) is 3. The van der Waals surface area contributed by atoms with Crippen molar-refractivity contribution in [3.63, 3.8) is 0 Å². The number of methoxy groups -OCH3 is 1. The molecule has 0 radical (unpaired) electrons. The van der Waals surface area contributed by atoms with Crippen LogP contribution < -0.4 is 20.7 Å². The summed E-state index contributed by atoms with van der Waals surface area (Å²) >= 11 is 35.1. The van der Waals surface area contributed by atoms with E-state index in [9.17, 15) is 4.79 Å². The highest BCUT2D eigenvalue weighted by Gasteiger charge is 2.35. The van der Waals surface area contributed by atoms with E-state index in [2.05, 4.69) is 16.0 Å². The lowest BCUT2D eigenvalue weighted by Gasteiger charge is -2.28. The molecule has 1 atom stereocenters. The predicted molar refractivity (Wildman–Crippen MR) is 120 cm³/mol. The average Bonchev–Trinajstić information content (AvgIpc) is 2.62. The Bertz CT molecular complexity index is 876. The Kier molecular flexibility index (Phi) is 8.30. The molecule has 1 unspecified atom stereocenters. The molecule has 150 valence electrons. The zero-order chi connectivity index (χ0) is 20.9. The third kappa shape index (κ3) is 6.72. The van der Waals surface area contributed by atoms with Gasteiger partial charge in [0.05, 0.1) is 17.8 Å². The first-order valence-electron chi connectivity index (χ1n) is 7.64. The summed E-state index contributed by atoms with van der Waals surface area (Å²) < 4.78 is 3.20. The largest absolute Gasteiger partial charge is 0.497 e. The van der Waals surface area contributed by atoms with Crippen LogP contribution in [0.15, 0.2) is 42.5 Å². The lowest BCUT2D eigenvalue weighted by molar-refractivity contribution is 0.0934. The lowest BCUT2D eigenvalue weighted by Crippen LogP contribution is -2.56. The first-order chi connectivity index (χ1) is 13.1. The SMILES string of the molecule is COc1cccc(C(=O)NC(NC(=S)Nc2ccc(Cl)cc2Cl)C(Cl)(Cl)Cl)c1. The van der Waals surface area contributed by atoms with E-state index in [0.717, 1.165) is 0 Å². The molecule has 1 amide bonds. The van der Waals surface area contributed by atoms with Gasteiger partial charge in [0, 0.05) is 10.6 Å². The molecule has 0 aliphatic heterocycles. The van der Waals surface area contributed by atoms with Crippen molar-refractivity contribution in [2.24, 2.45) is 0 Å². The van der Waals surface area contributed by atoms with Crippen molar-refractivity contribution in [3.8, 4) is 5.75 Å². The van der Waals surface area contributed by atoms with E-state index in [-0.39, 0.29) is 5.11 Å². The molecule has 0 fully saturated rings. The van der Waals surface area contributed by atoms with E-state index in [0.29, 0.717) is 27.0 Å². The van der Waals surface area contributed by atoms with Gasteiger partial charge in [0.2, 0.25) is 3.79 Å². The van der Waals surface area contributed by atoms with Crippen LogP contribution >= 0.6 is 70.2 Å². The zero-order valence-corrected chi connectivity index (χ0v) is 18.8. The molecule has 0 aromatic heterocycles. The number of benzene rings is 2. The molecule has 0 bridgehead atoms. The second kappa shape index (κ2) is 10.1. The topological polar surface area (TPSA) is 62.4 Å².